The largest absolute Gasteiger partial charge is 0.479 e. The highest BCUT2D eigenvalue weighted by atomic mass is 16.5. The number of aryl methyl sites for hydroxylation is 1. The zero-order valence-corrected chi connectivity index (χ0v) is 9.41. The lowest BCUT2D eigenvalue weighted by atomic mass is 10.1. The van der Waals surface area contributed by atoms with E-state index in [0.717, 1.165) is 0 Å². The van der Waals surface area contributed by atoms with Gasteiger partial charge in [-0.05, 0) is 0 Å². The van der Waals surface area contributed by atoms with Crippen LogP contribution >= 0.6 is 0 Å². The van der Waals surface area contributed by atoms with Crippen molar-refractivity contribution in [3.05, 3.63) is 29.8 Å². The summed E-state index contributed by atoms with van der Waals surface area (Å²) < 4.78 is 6.38. The molecule has 2 heterocycles. The van der Waals surface area contributed by atoms with Crippen LogP contribution in [0.5, 0.6) is 5.88 Å². The smallest absolute Gasteiger partial charge is 0.243 e. The first-order valence-corrected chi connectivity index (χ1v) is 4.82. The molecule has 0 radical (unpaired) electrons. The van der Waals surface area contributed by atoms with Crippen LogP contribution in [0.3, 0.4) is 0 Å². The zero-order chi connectivity index (χ0) is 12.4. The summed E-state index contributed by atoms with van der Waals surface area (Å²) in [4.78, 5) is 20.0. The SMILES string of the molecule is COc1nccnc1C(=O)c1cnn(C)c1N. The van der Waals surface area contributed by atoms with Gasteiger partial charge in [-0.1, -0.05) is 0 Å². The lowest BCUT2D eigenvalue weighted by Gasteiger charge is -2.04. The Hall–Kier alpha value is -2.44. The van der Waals surface area contributed by atoms with Gasteiger partial charge in [0.25, 0.3) is 0 Å². The third-order valence-corrected chi connectivity index (χ3v) is 2.30. The van der Waals surface area contributed by atoms with Crippen molar-refractivity contribution in [2.24, 2.45) is 7.05 Å². The molecule has 0 aliphatic carbocycles. The minimum absolute atomic E-state index is 0.120. The van der Waals surface area contributed by atoms with Gasteiger partial charge >= 0.3 is 0 Å². The average Bonchev–Trinajstić information content (AvgIpc) is 2.69. The summed E-state index contributed by atoms with van der Waals surface area (Å²) in [5, 5.41) is 3.90. The van der Waals surface area contributed by atoms with Gasteiger partial charge in [-0.15, -0.1) is 0 Å². The van der Waals surface area contributed by atoms with Gasteiger partial charge in [0.15, 0.2) is 5.69 Å². The number of ether oxygens (including phenoxy) is 1. The molecule has 0 aliphatic rings. The summed E-state index contributed by atoms with van der Waals surface area (Å²) in [7, 11) is 3.08. The molecule has 2 aromatic rings. The van der Waals surface area contributed by atoms with E-state index < -0.39 is 0 Å². The minimum Gasteiger partial charge on any atom is -0.479 e. The molecular formula is C10H11N5O2. The molecule has 88 valence electrons. The normalized spacial score (nSPS) is 10.2. The van der Waals surface area contributed by atoms with Crippen LogP contribution in [0, 0.1) is 0 Å². The number of nitrogens with zero attached hydrogens (tertiary/aromatic N) is 4. The van der Waals surface area contributed by atoms with E-state index in [1.807, 2.05) is 0 Å². The van der Waals surface area contributed by atoms with Crippen LogP contribution in [0.2, 0.25) is 0 Å². The first-order chi connectivity index (χ1) is 8.15. The first-order valence-electron chi connectivity index (χ1n) is 4.82. The van der Waals surface area contributed by atoms with Gasteiger partial charge < -0.3 is 10.5 Å². The topological polar surface area (TPSA) is 95.9 Å². The van der Waals surface area contributed by atoms with E-state index in [9.17, 15) is 4.79 Å². The summed E-state index contributed by atoms with van der Waals surface area (Å²) in [5.74, 6) is 0.0870. The van der Waals surface area contributed by atoms with Crippen molar-refractivity contribution in [1.29, 1.82) is 0 Å². The Morgan fingerprint density at radius 2 is 2.12 bits per heavy atom. The molecule has 0 saturated carbocycles. The van der Waals surface area contributed by atoms with E-state index in [2.05, 4.69) is 15.1 Å². The van der Waals surface area contributed by atoms with E-state index in [1.165, 1.54) is 30.4 Å². The second-order valence-electron chi connectivity index (χ2n) is 3.31. The standard InChI is InChI=1S/C10H11N5O2/c1-15-9(11)6(5-14-15)8(16)7-10(17-2)13-4-3-12-7/h3-5H,11H2,1-2H3. The first kappa shape index (κ1) is 11.1. The van der Waals surface area contributed by atoms with Crippen LogP contribution in [0.1, 0.15) is 16.1 Å². The van der Waals surface area contributed by atoms with E-state index in [0.29, 0.717) is 0 Å². The van der Waals surface area contributed by atoms with Crippen molar-refractivity contribution in [3.63, 3.8) is 0 Å². The van der Waals surface area contributed by atoms with E-state index in [-0.39, 0.29) is 28.7 Å². The zero-order valence-electron chi connectivity index (χ0n) is 9.41. The highest BCUT2D eigenvalue weighted by Crippen LogP contribution is 2.19. The molecule has 7 heteroatoms. The summed E-state index contributed by atoms with van der Waals surface area (Å²) in [6, 6.07) is 0. The third kappa shape index (κ3) is 1.82. The number of methoxy groups -OCH3 is 1. The van der Waals surface area contributed by atoms with Crippen molar-refractivity contribution in [3.8, 4) is 5.88 Å². The second kappa shape index (κ2) is 4.20. The number of rotatable bonds is 3. The van der Waals surface area contributed by atoms with Crippen LogP contribution in [-0.2, 0) is 7.05 Å². The molecule has 0 aromatic carbocycles. The molecule has 0 saturated heterocycles. The van der Waals surface area contributed by atoms with Crippen molar-refractivity contribution < 1.29 is 9.53 Å². The summed E-state index contributed by atoms with van der Waals surface area (Å²) in [6.45, 7) is 0. The summed E-state index contributed by atoms with van der Waals surface area (Å²) in [6.07, 6.45) is 4.26. The number of nitrogen functional groups attached to an aromatic ring is 1. The Morgan fingerprint density at radius 3 is 2.71 bits per heavy atom. The number of carbonyl (C=O) groups is 1. The Morgan fingerprint density at radius 1 is 1.41 bits per heavy atom. The highest BCUT2D eigenvalue weighted by molar-refractivity contribution is 6.11. The number of carbonyl (C=O) groups excluding carboxylic acids is 1. The number of ketones is 1. The maximum Gasteiger partial charge on any atom is 0.243 e. The molecule has 0 unspecified atom stereocenters. The Bertz CT molecular complexity index is 564. The van der Waals surface area contributed by atoms with Gasteiger partial charge in [0.1, 0.15) is 5.82 Å². The van der Waals surface area contributed by atoms with Crippen LogP contribution in [-0.4, -0.2) is 32.6 Å². The molecule has 0 bridgehead atoms. The van der Waals surface area contributed by atoms with Gasteiger partial charge in [0.2, 0.25) is 11.7 Å². The number of aromatic nitrogens is 4. The van der Waals surface area contributed by atoms with Crippen LogP contribution in [0.4, 0.5) is 5.82 Å². The Kier molecular flexibility index (Phi) is 2.73. The fourth-order valence-corrected chi connectivity index (χ4v) is 1.38. The highest BCUT2D eigenvalue weighted by Gasteiger charge is 2.21. The quantitative estimate of drug-likeness (QED) is 0.751. The third-order valence-electron chi connectivity index (χ3n) is 2.30. The average molecular weight is 233 g/mol. The number of hydrogen-bond donors (Lipinski definition) is 1. The second-order valence-corrected chi connectivity index (χ2v) is 3.31. The lowest BCUT2D eigenvalue weighted by molar-refractivity contribution is 0.103. The molecule has 0 aliphatic heterocycles. The molecule has 2 rings (SSSR count). The van der Waals surface area contributed by atoms with Crippen molar-refractivity contribution in [1.82, 2.24) is 19.7 Å². The van der Waals surface area contributed by atoms with Gasteiger partial charge in [-0.25, -0.2) is 9.97 Å². The van der Waals surface area contributed by atoms with Gasteiger partial charge in [-0.2, -0.15) is 5.10 Å². The minimum atomic E-state index is -0.361. The van der Waals surface area contributed by atoms with E-state index in [1.54, 1.807) is 7.05 Å². The van der Waals surface area contributed by atoms with Crippen LogP contribution in [0.25, 0.3) is 0 Å². The van der Waals surface area contributed by atoms with Gasteiger partial charge in [0.05, 0.1) is 18.9 Å². The monoisotopic (exact) mass is 233 g/mol. The fraction of sp³-hybridized carbons (Fsp3) is 0.200. The van der Waals surface area contributed by atoms with Crippen LogP contribution < -0.4 is 10.5 Å². The van der Waals surface area contributed by atoms with Crippen molar-refractivity contribution in [2.45, 2.75) is 0 Å². The molecule has 0 spiro atoms. The lowest BCUT2D eigenvalue weighted by Crippen LogP contribution is -2.10. The van der Waals surface area contributed by atoms with Crippen molar-refractivity contribution >= 4 is 11.6 Å². The Labute approximate surface area is 97.2 Å². The maximum absolute atomic E-state index is 12.1. The molecule has 0 fully saturated rings. The maximum atomic E-state index is 12.1. The predicted molar refractivity (Wildman–Crippen MR) is 59.6 cm³/mol. The van der Waals surface area contributed by atoms with Crippen molar-refractivity contribution in [2.75, 3.05) is 12.8 Å². The molecule has 0 atom stereocenters. The number of anilines is 1. The molecule has 7 nitrogen and oxygen atoms in total. The van der Waals surface area contributed by atoms with Gasteiger partial charge in [0, 0.05) is 19.4 Å². The van der Waals surface area contributed by atoms with Gasteiger partial charge in [-0.3, -0.25) is 9.48 Å². The molecule has 17 heavy (non-hydrogen) atoms. The Balaban J connectivity index is 2.47. The molecular weight excluding hydrogens is 222 g/mol. The predicted octanol–water partition coefficient (Wildman–Crippen LogP) is 0.0319. The van der Waals surface area contributed by atoms with E-state index >= 15 is 0 Å². The molecule has 2 N–H and O–H groups in total. The van der Waals surface area contributed by atoms with E-state index in [4.69, 9.17) is 10.5 Å². The fourth-order valence-electron chi connectivity index (χ4n) is 1.38. The summed E-state index contributed by atoms with van der Waals surface area (Å²) >= 11 is 0. The molecule has 0 amide bonds. The summed E-state index contributed by atoms with van der Waals surface area (Å²) in [5.41, 5.74) is 6.13. The van der Waals surface area contributed by atoms with Crippen LogP contribution in [0.15, 0.2) is 18.6 Å². The number of hydrogen-bond acceptors (Lipinski definition) is 6. The molecule has 2 aromatic heterocycles. The number of nitrogens with two attached hydrogens (primary N) is 1.